The molecule has 1 aliphatic rings. The lowest BCUT2D eigenvalue weighted by atomic mass is 10.1. The lowest BCUT2D eigenvalue weighted by Gasteiger charge is -2.24. The highest BCUT2D eigenvalue weighted by Crippen LogP contribution is 2.43. The second-order valence-corrected chi connectivity index (χ2v) is 6.82. The summed E-state index contributed by atoms with van der Waals surface area (Å²) in [4.78, 5) is 14.1. The highest BCUT2D eigenvalue weighted by Gasteiger charge is 2.34. The van der Waals surface area contributed by atoms with Crippen LogP contribution in [-0.4, -0.2) is 23.9 Å². The number of ether oxygens (including phenoxy) is 1. The van der Waals surface area contributed by atoms with Gasteiger partial charge in [-0.2, -0.15) is 0 Å². The van der Waals surface area contributed by atoms with E-state index in [9.17, 15) is 9.90 Å². The zero-order valence-corrected chi connectivity index (χ0v) is 14.2. The zero-order chi connectivity index (χ0) is 15.7. The maximum Gasteiger partial charge on any atom is 0.238 e. The molecular formula is C16H14BrNO3S. The van der Waals surface area contributed by atoms with Crippen LogP contribution in [0.2, 0.25) is 0 Å². The summed E-state index contributed by atoms with van der Waals surface area (Å²) in [6, 6.07) is 12.9. The molecule has 1 amide bonds. The molecule has 1 aliphatic heterocycles. The Kier molecular flexibility index (Phi) is 4.31. The van der Waals surface area contributed by atoms with Gasteiger partial charge in [0.2, 0.25) is 5.91 Å². The Morgan fingerprint density at radius 3 is 2.68 bits per heavy atom. The Morgan fingerprint density at radius 2 is 2.00 bits per heavy atom. The first-order valence-corrected chi connectivity index (χ1v) is 8.50. The molecule has 114 valence electrons. The lowest BCUT2D eigenvalue weighted by molar-refractivity contribution is -0.115. The van der Waals surface area contributed by atoms with Crippen molar-refractivity contribution < 1.29 is 14.6 Å². The predicted octanol–water partition coefficient (Wildman–Crippen LogP) is 3.94. The number of thioether (sulfide) groups is 1. The number of benzene rings is 2. The van der Waals surface area contributed by atoms with E-state index in [0.717, 1.165) is 15.7 Å². The van der Waals surface area contributed by atoms with Crippen molar-refractivity contribution in [2.75, 3.05) is 17.8 Å². The van der Waals surface area contributed by atoms with Crippen LogP contribution in [-0.2, 0) is 4.79 Å². The first-order valence-electron chi connectivity index (χ1n) is 6.66. The fraction of sp³-hybridized carbons (Fsp3) is 0.188. The molecule has 22 heavy (non-hydrogen) atoms. The first kappa shape index (κ1) is 15.2. The summed E-state index contributed by atoms with van der Waals surface area (Å²) in [7, 11) is 1.51. The van der Waals surface area contributed by atoms with Crippen molar-refractivity contribution in [3.8, 4) is 11.5 Å². The lowest BCUT2D eigenvalue weighted by Crippen LogP contribution is -2.27. The molecule has 0 saturated carbocycles. The number of carbonyl (C=O) groups excluding carboxylic acids is 1. The van der Waals surface area contributed by atoms with Crippen LogP contribution in [0.3, 0.4) is 0 Å². The molecule has 1 unspecified atom stereocenters. The molecular weight excluding hydrogens is 366 g/mol. The quantitative estimate of drug-likeness (QED) is 0.877. The summed E-state index contributed by atoms with van der Waals surface area (Å²) in [6.07, 6.45) is 0. The molecule has 3 rings (SSSR count). The molecule has 0 radical (unpaired) electrons. The second kappa shape index (κ2) is 6.22. The Balaban J connectivity index is 1.98. The third-order valence-electron chi connectivity index (χ3n) is 3.46. The van der Waals surface area contributed by atoms with Gasteiger partial charge in [0.1, 0.15) is 5.37 Å². The van der Waals surface area contributed by atoms with Gasteiger partial charge in [-0.05, 0) is 42.0 Å². The highest BCUT2D eigenvalue weighted by molar-refractivity contribution is 9.10. The molecule has 1 N–H and O–H groups in total. The largest absolute Gasteiger partial charge is 0.504 e. The number of carbonyl (C=O) groups is 1. The fourth-order valence-electron chi connectivity index (χ4n) is 2.40. The topological polar surface area (TPSA) is 49.8 Å². The summed E-state index contributed by atoms with van der Waals surface area (Å²) in [5.41, 5.74) is 1.78. The number of halogens is 1. The third kappa shape index (κ3) is 2.80. The Bertz CT molecular complexity index is 705. The summed E-state index contributed by atoms with van der Waals surface area (Å²) in [5.74, 6) is 1.01. The smallest absolute Gasteiger partial charge is 0.238 e. The minimum absolute atomic E-state index is 0.0735. The minimum Gasteiger partial charge on any atom is -0.504 e. The van der Waals surface area contributed by atoms with Gasteiger partial charge < -0.3 is 9.84 Å². The van der Waals surface area contributed by atoms with Gasteiger partial charge in [0.25, 0.3) is 0 Å². The van der Waals surface area contributed by atoms with E-state index in [1.165, 1.54) is 7.11 Å². The van der Waals surface area contributed by atoms with Crippen molar-refractivity contribution in [3.63, 3.8) is 0 Å². The average molecular weight is 380 g/mol. The molecule has 0 aromatic heterocycles. The fourth-order valence-corrected chi connectivity index (χ4v) is 3.83. The van der Waals surface area contributed by atoms with Gasteiger partial charge >= 0.3 is 0 Å². The Hall–Kier alpha value is -1.66. The average Bonchev–Trinajstić information content (AvgIpc) is 2.90. The van der Waals surface area contributed by atoms with Gasteiger partial charge in [0.05, 0.1) is 12.9 Å². The first-order chi connectivity index (χ1) is 10.6. The number of phenols is 1. The van der Waals surface area contributed by atoms with Crippen LogP contribution in [0.5, 0.6) is 11.5 Å². The van der Waals surface area contributed by atoms with Gasteiger partial charge in [-0.25, -0.2) is 0 Å². The van der Waals surface area contributed by atoms with E-state index < -0.39 is 0 Å². The van der Waals surface area contributed by atoms with Crippen LogP contribution in [0, 0.1) is 0 Å². The predicted molar refractivity (Wildman–Crippen MR) is 91.5 cm³/mol. The van der Waals surface area contributed by atoms with Crippen molar-refractivity contribution in [1.82, 2.24) is 0 Å². The molecule has 1 heterocycles. The summed E-state index contributed by atoms with van der Waals surface area (Å²) < 4.78 is 6.13. The van der Waals surface area contributed by atoms with E-state index >= 15 is 0 Å². The van der Waals surface area contributed by atoms with Crippen LogP contribution in [0.25, 0.3) is 0 Å². The zero-order valence-electron chi connectivity index (χ0n) is 11.8. The van der Waals surface area contributed by atoms with Crippen LogP contribution < -0.4 is 9.64 Å². The van der Waals surface area contributed by atoms with Crippen molar-refractivity contribution in [1.29, 1.82) is 0 Å². The van der Waals surface area contributed by atoms with Crippen LogP contribution in [0.15, 0.2) is 46.9 Å². The SMILES string of the molecule is COc1cc(C2SCC(=O)N2c2ccc(Br)cc2)ccc1O. The number of phenolic OH excluding ortho intramolecular Hbond substituents is 1. The molecule has 4 nitrogen and oxygen atoms in total. The molecule has 0 bridgehead atoms. The normalized spacial score (nSPS) is 17.8. The number of rotatable bonds is 3. The molecule has 1 fully saturated rings. The Labute approximate surface area is 141 Å². The van der Waals surface area contributed by atoms with E-state index in [1.54, 1.807) is 28.8 Å². The van der Waals surface area contributed by atoms with Crippen LogP contribution in [0.1, 0.15) is 10.9 Å². The monoisotopic (exact) mass is 379 g/mol. The van der Waals surface area contributed by atoms with Gasteiger partial charge in [-0.3, -0.25) is 9.69 Å². The second-order valence-electron chi connectivity index (χ2n) is 4.83. The van der Waals surface area contributed by atoms with Gasteiger partial charge in [-0.1, -0.05) is 22.0 Å². The molecule has 2 aromatic carbocycles. The number of hydrogen-bond donors (Lipinski definition) is 1. The van der Waals surface area contributed by atoms with Gasteiger partial charge in [0, 0.05) is 10.2 Å². The summed E-state index contributed by atoms with van der Waals surface area (Å²) >= 11 is 4.97. The van der Waals surface area contributed by atoms with Crippen molar-refractivity contribution in [2.45, 2.75) is 5.37 Å². The minimum atomic E-state index is -0.122. The highest BCUT2D eigenvalue weighted by atomic mass is 79.9. The number of hydrogen-bond acceptors (Lipinski definition) is 4. The number of nitrogens with zero attached hydrogens (tertiary/aromatic N) is 1. The maximum absolute atomic E-state index is 12.3. The summed E-state index contributed by atoms with van der Waals surface area (Å²) in [6.45, 7) is 0. The van der Waals surface area contributed by atoms with E-state index in [4.69, 9.17) is 4.74 Å². The van der Waals surface area contributed by atoms with Gasteiger partial charge in [-0.15, -0.1) is 11.8 Å². The molecule has 0 aliphatic carbocycles. The third-order valence-corrected chi connectivity index (χ3v) is 5.20. The van der Waals surface area contributed by atoms with Gasteiger partial charge in [0.15, 0.2) is 11.5 Å². The van der Waals surface area contributed by atoms with Crippen LogP contribution in [0.4, 0.5) is 5.69 Å². The summed E-state index contributed by atoms with van der Waals surface area (Å²) in [5, 5.41) is 9.60. The van der Waals surface area contributed by atoms with Crippen LogP contribution >= 0.6 is 27.7 Å². The number of anilines is 1. The van der Waals surface area contributed by atoms with E-state index in [2.05, 4.69) is 15.9 Å². The van der Waals surface area contributed by atoms with Crippen molar-refractivity contribution >= 4 is 39.3 Å². The van der Waals surface area contributed by atoms with E-state index in [-0.39, 0.29) is 17.0 Å². The maximum atomic E-state index is 12.3. The number of amides is 1. The van der Waals surface area contributed by atoms with E-state index in [0.29, 0.717) is 11.5 Å². The molecule has 0 spiro atoms. The van der Waals surface area contributed by atoms with Crippen molar-refractivity contribution in [3.05, 3.63) is 52.5 Å². The molecule has 6 heteroatoms. The molecule has 1 atom stereocenters. The van der Waals surface area contributed by atoms with E-state index in [1.807, 2.05) is 30.3 Å². The van der Waals surface area contributed by atoms with Crippen molar-refractivity contribution in [2.24, 2.45) is 0 Å². The number of methoxy groups -OCH3 is 1. The Morgan fingerprint density at radius 1 is 1.27 bits per heavy atom. The number of aromatic hydroxyl groups is 1. The standard InChI is InChI=1S/C16H14BrNO3S/c1-21-14-8-10(2-7-13(14)19)16-18(15(20)9-22-16)12-5-3-11(17)4-6-12/h2-8,16,19H,9H2,1H3. The molecule has 1 saturated heterocycles. The molecule has 2 aromatic rings.